The van der Waals surface area contributed by atoms with Gasteiger partial charge in [0.15, 0.2) is 0 Å². The van der Waals surface area contributed by atoms with Gasteiger partial charge in [0.25, 0.3) is 5.91 Å². The lowest BCUT2D eigenvalue weighted by atomic mass is 10.1. The van der Waals surface area contributed by atoms with Gasteiger partial charge < -0.3 is 11.1 Å². The Kier molecular flexibility index (Phi) is 5.49. The number of carbonyl (C=O) groups excluding carboxylic acids is 1. The molecule has 1 amide bonds. The number of nitrogen functional groups attached to an aromatic ring is 1. The second-order valence-electron chi connectivity index (χ2n) is 3.31. The van der Waals surface area contributed by atoms with Crippen LogP contribution >= 0.6 is 23.4 Å². The van der Waals surface area contributed by atoms with Crippen LogP contribution in [0.15, 0.2) is 18.2 Å². The summed E-state index contributed by atoms with van der Waals surface area (Å²) in [5, 5.41) is 3.19. The number of hydrogen-bond donors (Lipinski definition) is 2. The number of halogens is 1. The van der Waals surface area contributed by atoms with Gasteiger partial charge in [0.1, 0.15) is 0 Å². The number of anilines is 1. The SMILES string of the molecule is CSCCCNC(=O)c1c(N)cccc1Cl. The van der Waals surface area contributed by atoms with Crippen molar-refractivity contribution >= 4 is 35.0 Å². The Labute approximate surface area is 105 Å². The highest BCUT2D eigenvalue weighted by atomic mass is 35.5. The Morgan fingerprint density at radius 2 is 2.31 bits per heavy atom. The molecule has 0 fully saturated rings. The molecule has 0 atom stereocenters. The molecule has 0 radical (unpaired) electrons. The van der Waals surface area contributed by atoms with Gasteiger partial charge in [0, 0.05) is 12.2 Å². The predicted octanol–water partition coefficient (Wildman–Crippen LogP) is 2.41. The molecule has 0 aromatic heterocycles. The zero-order valence-electron chi connectivity index (χ0n) is 9.13. The fraction of sp³-hybridized carbons (Fsp3) is 0.364. The van der Waals surface area contributed by atoms with Gasteiger partial charge in [-0.05, 0) is 30.6 Å². The van der Waals surface area contributed by atoms with E-state index in [0.29, 0.717) is 22.8 Å². The molecule has 0 aliphatic rings. The first-order chi connectivity index (χ1) is 7.66. The lowest BCUT2D eigenvalue weighted by Crippen LogP contribution is -2.26. The molecule has 16 heavy (non-hydrogen) atoms. The summed E-state index contributed by atoms with van der Waals surface area (Å²) in [5.41, 5.74) is 6.48. The summed E-state index contributed by atoms with van der Waals surface area (Å²) in [5.74, 6) is 0.822. The molecule has 1 aromatic carbocycles. The van der Waals surface area contributed by atoms with Crippen molar-refractivity contribution in [2.75, 3.05) is 24.3 Å². The van der Waals surface area contributed by atoms with E-state index in [9.17, 15) is 4.79 Å². The van der Waals surface area contributed by atoms with E-state index < -0.39 is 0 Å². The van der Waals surface area contributed by atoms with E-state index in [1.807, 2.05) is 6.26 Å². The minimum Gasteiger partial charge on any atom is -0.398 e. The smallest absolute Gasteiger partial charge is 0.254 e. The van der Waals surface area contributed by atoms with Crippen molar-refractivity contribution in [1.82, 2.24) is 5.32 Å². The molecule has 3 N–H and O–H groups in total. The van der Waals surface area contributed by atoms with E-state index in [2.05, 4.69) is 5.32 Å². The average Bonchev–Trinajstić information content (AvgIpc) is 2.24. The molecule has 0 heterocycles. The topological polar surface area (TPSA) is 55.1 Å². The molecule has 0 saturated carbocycles. The largest absolute Gasteiger partial charge is 0.398 e. The Hall–Kier alpha value is -0.870. The van der Waals surface area contributed by atoms with Crippen LogP contribution in [-0.2, 0) is 0 Å². The van der Waals surface area contributed by atoms with Crippen LogP contribution in [0.3, 0.4) is 0 Å². The molecular formula is C11H15ClN2OS. The maximum Gasteiger partial charge on any atom is 0.254 e. The third-order valence-electron chi connectivity index (χ3n) is 2.08. The van der Waals surface area contributed by atoms with Crippen molar-refractivity contribution in [1.29, 1.82) is 0 Å². The summed E-state index contributed by atoms with van der Waals surface area (Å²) >= 11 is 7.67. The van der Waals surface area contributed by atoms with Gasteiger partial charge >= 0.3 is 0 Å². The molecule has 0 bridgehead atoms. The molecule has 3 nitrogen and oxygen atoms in total. The predicted molar refractivity (Wildman–Crippen MR) is 71.2 cm³/mol. The monoisotopic (exact) mass is 258 g/mol. The minimum absolute atomic E-state index is 0.204. The Morgan fingerprint density at radius 3 is 2.94 bits per heavy atom. The lowest BCUT2D eigenvalue weighted by Gasteiger charge is -2.08. The summed E-state index contributed by atoms with van der Waals surface area (Å²) in [4.78, 5) is 11.8. The molecule has 0 unspecified atom stereocenters. The maximum absolute atomic E-state index is 11.8. The Morgan fingerprint density at radius 1 is 1.56 bits per heavy atom. The Bertz CT molecular complexity index is 351. The van der Waals surface area contributed by atoms with Gasteiger partial charge in [-0.2, -0.15) is 11.8 Å². The first-order valence-corrected chi connectivity index (χ1v) is 6.75. The van der Waals surface area contributed by atoms with Crippen molar-refractivity contribution in [3.8, 4) is 0 Å². The van der Waals surface area contributed by atoms with Crippen molar-refractivity contribution in [2.45, 2.75) is 6.42 Å². The third kappa shape index (κ3) is 3.61. The van der Waals surface area contributed by atoms with Crippen LogP contribution in [0.2, 0.25) is 5.02 Å². The zero-order chi connectivity index (χ0) is 12.0. The molecular weight excluding hydrogens is 244 g/mol. The van der Waals surface area contributed by atoms with Gasteiger partial charge in [-0.25, -0.2) is 0 Å². The van der Waals surface area contributed by atoms with E-state index >= 15 is 0 Å². The first-order valence-electron chi connectivity index (χ1n) is 4.98. The van der Waals surface area contributed by atoms with Crippen LogP contribution in [0.25, 0.3) is 0 Å². The van der Waals surface area contributed by atoms with Crippen molar-refractivity contribution < 1.29 is 4.79 Å². The number of nitrogens with two attached hydrogens (primary N) is 1. The normalized spacial score (nSPS) is 10.1. The quantitative estimate of drug-likeness (QED) is 0.630. The summed E-state index contributed by atoms with van der Waals surface area (Å²) in [7, 11) is 0. The summed E-state index contributed by atoms with van der Waals surface area (Å²) in [6.07, 6.45) is 2.98. The standard InChI is InChI=1S/C11H15ClN2OS/c1-16-7-3-6-14-11(15)10-8(12)4-2-5-9(10)13/h2,4-5H,3,6-7,13H2,1H3,(H,14,15). The number of hydrogen-bond acceptors (Lipinski definition) is 3. The number of carbonyl (C=O) groups is 1. The van der Waals surface area contributed by atoms with E-state index in [4.69, 9.17) is 17.3 Å². The van der Waals surface area contributed by atoms with Crippen LogP contribution in [0.4, 0.5) is 5.69 Å². The molecule has 0 aliphatic carbocycles. The highest BCUT2D eigenvalue weighted by Gasteiger charge is 2.12. The summed E-state index contributed by atoms with van der Waals surface area (Å²) in [6.45, 7) is 0.643. The van der Waals surface area contributed by atoms with Gasteiger partial charge in [0.05, 0.1) is 10.6 Å². The van der Waals surface area contributed by atoms with Gasteiger partial charge in [-0.3, -0.25) is 4.79 Å². The van der Waals surface area contributed by atoms with Crippen molar-refractivity contribution in [2.24, 2.45) is 0 Å². The first kappa shape index (κ1) is 13.2. The number of rotatable bonds is 5. The van der Waals surface area contributed by atoms with Crippen LogP contribution in [-0.4, -0.2) is 24.5 Å². The fourth-order valence-corrected chi connectivity index (χ4v) is 1.99. The third-order valence-corrected chi connectivity index (χ3v) is 3.10. The molecule has 0 saturated heterocycles. The van der Waals surface area contributed by atoms with Crippen molar-refractivity contribution in [3.05, 3.63) is 28.8 Å². The summed E-state index contributed by atoms with van der Waals surface area (Å²) in [6, 6.07) is 5.06. The van der Waals surface area contributed by atoms with Gasteiger partial charge in [0.2, 0.25) is 0 Å². The average molecular weight is 259 g/mol. The second-order valence-corrected chi connectivity index (χ2v) is 4.70. The lowest BCUT2D eigenvalue weighted by molar-refractivity contribution is 0.0955. The van der Waals surface area contributed by atoms with Gasteiger partial charge in [-0.15, -0.1) is 0 Å². The van der Waals surface area contributed by atoms with E-state index in [1.165, 1.54) is 0 Å². The van der Waals surface area contributed by atoms with E-state index in [1.54, 1.807) is 30.0 Å². The molecule has 88 valence electrons. The van der Waals surface area contributed by atoms with E-state index in [-0.39, 0.29) is 5.91 Å². The second kappa shape index (κ2) is 6.66. The number of benzene rings is 1. The number of thioether (sulfide) groups is 1. The number of nitrogens with one attached hydrogen (secondary N) is 1. The molecule has 1 aromatic rings. The molecule has 5 heteroatoms. The van der Waals surface area contributed by atoms with Crippen LogP contribution < -0.4 is 11.1 Å². The van der Waals surface area contributed by atoms with Crippen LogP contribution in [0.5, 0.6) is 0 Å². The Balaban J connectivity index is 2.59. The van der Waals surface area contributed by atoms with Crippen LogP contribution in [0.1, 0.15) is 16.8 Å². The van der Waals surface area contributed by atoms with Crippen molar-refractivity contribution in [3.63, 3.8) is 0 Å². The van der Waals surface area contributed by atoms with Gasteiger partial charge in [-0.1, -0.05) is 17.7 Å². The highest BCUT2D eigenvalue weighted by molar-refractivity contribution is 7.98. The fourth-order valence-electron chi connectivity index (χ4n) is 1.29. The minimum atomic E-state index is -0.204. The van der Waals surface area contributed by atoms with Crippen LogP contribution in [0, 0.1) is 0 Å². The maximum atomic E-state index is 11.8. The van der Waals surface area contributed by atoms with E-state index in [0.717, 1.165) is 12.2 Å². The molecule has 0 spiro atoms. The molecule has 1 rings (SSSR count). The summed E-state index contributed by atoms with van der Waals surface area (Å²) < 4.78 is 0. The number of amides is 1. The molecule has 0 aliphatic heterocycles. The zero-order valence-corrected chi connectivity index (χ0v) is 10.7. The highest BCUT2D eigenvalue weighted by Crippen LogP contribution is 2.21.